The van der Waals surface area contributed by atoms with Crippen LogP contribution in [0.1, 0.15) is 24.1 Å². The van der Waals surface area contributed by atoms with Gasteiger partial charge in [0.2, 0.25) is 5.88 Å². The highest BCUT2D eigenvalue weighted by Crippen LogP contribution is 2.25. The summed E-state index contributed by atoms with van der Waals surface area (Å²) in [5, 5.41) is 18.3. The fraction of sp³-hybridized carbons (Fsp3) is 0.154. The number of anilines is 1. The molecular weight excluding hydrogens is 461 g/mol. The number of fused-ring (bicyclic) bond motifs is 1. The quantitative estimate of drug-likeness (QED) is 0.296. The smallest absolute Gasteiger partial charge is 0.326 e. The Bertz CT molecular complexity index is 1750. The van der Waals surface area contributed by atoms with Crippen LogP contribution in [-0.4, -0.2) is 35.7 Å². The molecule has 4 N–H and O–H groups in total. The number of nitrogens with one attached hydrogen (secondary N) is 3. The number of rotatable bonds is 6. The molecule has 9 nitrogen and oxygen atoms in total. The third-order valence-electron chi connectivity index (χ3n) is 5.99. The van der Waals surface area contributed by atoms with Gasteiger partial charge in [0, 0.05) is 17.8 Å². The largest absolute Gasteiger partial charge is 0.493 e. The van der Waals surface area contributed by atoms with Gasteiger partial charge >= 0.3 is 5.69 Å². The van der Waals surface area contributed by atoms with Crippen molar-refractivity contribution in [3.05, 3.63) is 99.1 Å². The van der Waals surface area contributed by atoms with Crippen LogP contribution in [0.25, 0.3) is 22.9 Å². The first-order valence-corrected chi connectivity index (χ1v) is 11.6. The zero-order chi connectivity index (χ0) is 24.6. The molecule has 1 aliphatic carbocycles. The second-order valence-corrected chi connectivity index (χ2v) is 8.70. The molecule has 1 aliphatic rings. The first-order valence-electron chi connectivity index (χ1n) is 11.6. The van der Waals surface area contributed by atoms with Crippen molar-refractivity contribution < 1.29 is 9.50 Å². The predicted molar refractivity (Wildman–Crippen MR) is 133 cm³/mol. The van der Waals surface area contributed by atoms with Gasteiger partial charge in [-0.1, -0.05) is 36.4 Å². The van der Waals surface area contributed by atoms with Crippen LogP contribution in [0, 0.1) is 5.82 Å². The predicted octanol–water partition coefficient (Wildman–Crippen LogP) is 2.48. The highest BCUT2D eigenvalue weighted by molar-refractivity contribution is 5.68. The van der Waals surface area contributed by atoms with Gasteiger partial charge in [-0.25, -0.2) is 14.2 Å². The molecule has 0 aliphatic heterocycles. The summed E-state index contributed by atoms with van der Waals surface area (Å²) in [5.74, 6) is -0.0320. The summed E-state index contributed by atoms with van der Waals surface area (Å²) < 4.78 is 15.8. The van der Waals surface area contributed by atoms with Crippen LogP contribution in [-0.2, 0) is 6.54 Å². The SMILES string of the molecule is O=c1[nH]c(O)c(/C=c2/cnn3c(=NC4CC4)cc(NCc4cc(F)ccc4-c4ccccc4)nc23)[nH]1. The van der Waals surface area contributed by atoms with Gasteiger partial charge in [0.15, 0.2) is 11.1 Å². The van der Waals surface area contributed by atoms with Crippen molar-refractivity contribution in [3.8, 4) is 17.0 Å². The molecule has 0 saturated heterocycles. The van der Waals surface area contributed by atoms with E-state index < -0.39 is 5.69 Å². The molecule has 0 spiro atoms. The molecular formula is C26H22FN7O2. The zero-order valence-corrected chi connectivity index (χ0v) is 19.1. The van der Waals surface area contributed by atoms with Crippen molar-refractivity contribution in [2.75, 3.05) is 5.32 Å². The van der Waals surface area contributed by atoms with Crippen LogP contribution in [0.5, 0.6) is 5.88 Å². The Hall–Kier alpha value is -4.73. The molecule has 6 rings (SSSR count). The molecule has 5 aromatic rings. The van der Waals surface area contributed by atoms with E-state index in [2.05, 4.69) is 20.4 Å². The van der Waals surface area contributed by atoms with Gasteiger partial charge in [-0.15, -0.1) is 0 Å². The number of nitrogens with zero attached hydrogens (tertiary/aromatic N) is 4. The van der Waals surface area contributed by atoms with Crippen LogP contribution in [0.3, 0.4) is 0 Å². The molecule has 0 atom stereocenters. The highest BCUT2D eigenvalue weighted by Gasteiger charge is 2.20. The molecule has 0 unspecified atom stereocenters. The summed E-state index contributed by atoms with van der Waals surface area (Å²) in [6.07, 6.45) is 5.24. The minimum Gasteiger partial charge on any atom is -0.493 e. The Morgan fingerprint density at radius 3 is 2.75 bits per heavy atom. The number of aromatic amines is 2. The fourth-order valence-corrected chi connectivity index (χ4v) is 4.08. The van der Waals surface area contributed by atoms with Crippen molar-refractivity contribution in [1.29, 1.82) is 0 Å². The summed E-state index contributed by atoms with van der Waals surface area (Å²) in [7, 11) is 0. The maximum absolute atomic E-state index is 14.1. The normalized spacial score (nSPS) is 14.6. The van der Waals surface area contributed by atoms with Crippen LogP contribution >= 0.6 is 0 Å². The van der Waals surface area contributed by atoms with Gasteiger partial charge in [0.1, 0.15) is 17.3 Å². The monoisotopic (exact) mass is 483 g/mol. The number of hydrogen-bond donors (Lipinski definition) is 4. The maximum Gasteiger partial charge on any atom is 0.326 e. The molecule has 36 heavy (non-hydrogen) atoms. The highest BCUT2D eigenvalue weighted by atomic mass is 19.1. The van der Waals surface area contributed by atoms with Gasteiger partial charge in [0.25, 0.3) is 0 Å². The van der Waals surface area contributed by atoms with Gasteiger partial charge in [-0.05, 0) is 47.7 Å². The van der Waals surface area contributed by atoms with Crippen molar-refractivity contribution in [3.63, 3.8) is 0 Å². The average Bonchev–Trinajstić information content (AvgIpc) is 3.51. The fourth-order valence-electron chi connectivity index (χ4n) is 4.08. The van der Waals surface area contributed by atoms with Gasteiger partial charge in [-0.2, -0.15) is 9.61 Å². The maximum atomic E-state index is 14.1. The second-order valence-electron chi connectivity index (χ2n) is 8.70. The summed E-state index contributed by atoms with van der Waals surface area (Å²) in [6, 6.07) is 16.6. The van der Waals surface area contributed by atoms with Gasteiger partial charge < -0.3 is 15.4 Å². The van der Waals surface area contributed by atoms with E-state index in [1.54, 1.807) is 22.9 Å². The van der Waals surface area contributed by atoms with Crippen molar-refractivity contribution in [2.45, 2.75) is 25.4 Å². The molecule has 3 heterocycles. The number of benzene rings is 2. The van der Waals surface area contributed by atoms with E-state index in [4.69, 9.17) is 9.98 Å². The lowest BCUT2D eigenvalue weighted by Crippen LogP contribution is -2.20. The van der Waals surface area contributed by atoms with Crippen LogP contribution in [0.4, 0.5) is 10.2 Å². The topological polar surface area (TPSA) is 123 Å². The lowest BCUT2D eigenvalue weighted by molar-refractivity contribution is 0.454. The minimum atomic E-state index is -0.515. The second kappa shape index (κ2) is 8.81. The zero-order valence-electron chi connectivity index (χ0n) is 19.1. The van der Waals surface area contributed by atoms with Gasteiger partial charge in [-0.3, -0.25) is 9.98 Å². The number of halogens is 1. The van der Waals surface area contributed by atoms with Crippen molar-refractivity contribution in [1.82, 2.24) is 24.6 Å². The third-order valence-corrected chi connectivity index (χ3v) is 5.99. The van der Waals surface area contributed by atoms with Crippen LogP contribution in [0.15, 0.2) is 70.6 Å². The number of aromatic hydroxyl groups is 1. The standard InChI is InChI=1S/C26H22FN7O2/c27-18-6-9-20(15-4-2-1-3-5-15)16(10-18)13-28-22-12-23(30-19-7-8-19)34-24(32-22)17(14-29-34)11-21-25(35)33-26(36)31-21/h1-6,9-12,14,19,28,35H,7-8,13H2,(H2,31,33,36)/b17-11-,30-23?. The van der Waals surface area contributed by atoms with E-state index in [0.29, 0.717) is 28.7 Å². The van der Waals surface area contributed by atoms with E-state index in [1.165, 1.54) is 12.1 Å². The lowest BCUT2D eigenvalue weighted by Gasteiger charge is -2.12. The summed E-state index contributed by atoms with van der Waals surface area (Å²) in [4.78, 5) is 25.8. The number of H-pyrrole nitrogens is 2. The summed E-state index contributed by atoms with van der Waals surface area (Å²) >= 11 is 0. The summed E-state index contributed by atoms with van der Waals surface area (Å²) in [5.41, 5.74) is 3.57. The van der Waals surface area contributed by atoms with E-state index in [9.17, 15) is 14.3 Å². The Morgan fingerprint density at radius 2 is 2.00 bits per heavy atom. The minimum absolute atomic E-state index is 0.225. The average molecular weight is 484 g/mol. The van der Waals surface area contributed by atoms with Crippen molar-refractivity contribution >= 4 is 17.5 Å². The van der Waals surface area contributed by atoms with Gasteiger partial charge in [0.05, 0.1) is 12.2 Å². The number of aromatic nitrogens is 5. The first-order chi connectivity index (χ1) is 17.5. The Balaban J connectivity index is 1.41. The molecule has 1 saturated carbocycles. The van der Waals surface area contributed by atoms with Crippen molar-refractivity contribution in [2.24, 2.45) is 4.99 Å². The molecule has 2 aromatic carbocycles. The molecule has 180 valence electrons. The number of hydrogen-bond acceptors (Lipinski definition) is 6. The molecule has 3 aromatic heterocycles. The Labute approximate surface area is 203 Å². The van der Waals surface area contributed by atoms with E-state index in [-0.39, 0.29) is 23.4 Å². The molecule has 1 fully saturated rings. The Morgan fingerprint density at radius 1 is 1.17 bits per heavy atom. The third kappa shape index (κ3) is 4.36. The van der Waals surface area contributed by atoms with E-state index in [1.807, 2.05) is 36.4 Å². The van der Waals surface area contributed by atoms with Crippen LogP contribution in [0.2, 0.25) is 0 Å². The molecule has 0 amide bonds. The van der Waals surface area contributed by atoms with E-state index >= 15 is 0 Å². The Kier molecular flexibility index (Phi) is 5.33. The molecule has 10 heteroatoms. The molecule has 0 radical (unpaired) electrons. The number of imidazole rings is 1. The first kappa shape index (κ1) is 21.8. The summed E-state index contributed by atoms with van der Waals surface area (Å²) in [6.45, 7) is 0.340. The molecule has 0 bridgehead atoms. The lowest BCUT2D eigenvalue weighted by atomic mass is 9.99. The van der Waals surface area contributed by atoms with Crippen LogP contribution < -0.4 is 21.7 Å². The van der Waals surface area contributed by atoms with E-state index in [0.717, 1.165) is 29.5 Å².